The fraction of sp³-hybridized carbons (Fsp3) is 0.526. The van der Waals surface area contributed by atoms with Gasteiger partial charge in [-0.2, -0.15) is 10.1 Å². The third kappa shape index (κ3) is 4.07. The molecule has 3 aromatic rings. The van der Waals surface area contributed by atoms with Crippen LogP contribution in [0.1, 0.15) is 28.7 Å². The van der Waals surface area contributed by atoms with Crippen molar-refractivity contribution >= 4 is 17.1 Å². The number of aryl methyl sites for hydroxylation is 3. The highest BCUT2D eigenvalue weighted by molar-refractivity contribution is 5.74. The maximum atomic E-state index is 13.9. The number of rotatable bonds is 5. The third-order valence-electron chi connectivity index (χ3n) is 5.11. The van der Waals surface area contributed by atoms with E-state index in [2.05, 4.69) is 25.0 Å². The molecule has 8 nitrogen and oxygen atoms in total. The van der Waals surface area contributed by atoms with Crippen molar-refractivity contribution in [2.75, 3.05) is 24.6 Å². The van der Waals surface area contributed by atoms with Gasteiger partial charge in [-0.15, -0.1) is 0 Å². The van der Waals surface area contributed by atoms with Gasteiger partial charge in [0.1, 0.15) is 11.6 Å². The number of nitrogens with zero attached hydrogens (tertiary/aromatic N) is 7. The molecule has 0 aliphatic carbocycles. The average molecular weight is 421 g/mol. The molecule has 0 bridgehead atoms. The molecule has 4 heterocycles. The molecule has 30 heavy (non-hydrogen) atoms. The Hall–Kier alpha value is -2.82. The van der Waals surface area contributed by atoms with Gasteiger partial charge >= 0.3 is 0 Å². The quantitative estimate of drug-likeness (QED) is 0.626. The summed E-state index contributed by atoms with van der Waals surface area (Å²) in [5.74, 6) is 0.300. The third-order valence-corrected chi connectivity index (χ3v) is 5.11. The van der Waals surface area contributed by atoms with Crippen molar-refractivity contribution in [2.24, 2.45) is 7.05 Å². The summed E-state index contributed by atoms with van der Waals surface area (Å²) >= 11 is 0. The molecule has 2 atom stereocenters. The highest BCUT2D eigenvalue weighted by Crippen LogP contribution is 2.26. The Kier molecular flexibility index (Phi) is 5.54. The van der Waals surface area contributed by atoms with Crippen LogP contribution in [0.3, 0.4) is 0 Å². The number of hydrogen-bond donors (Lipinski definition) is 0. The van der Waals surface area contributed by atoms with E-state index in [4.69, 9.17) is 4.74 Å². The van der Waals surface area contributed by atoms with Crippen LogP contribution in [0.25, 0.3) is 11.2 Å². The normalized spacial score (nSPS) is 18.4. The molecular formula is C19H22F3N7O. The minimum atomic E-state index is -3.10. The Morgan fingerprint density at radius 1 is 1.13 bits per heavy atom. The van der Waals surface area contributed by atoms with Gasteiger partial charge < -0.3 is 9.64 Å². The lowest BCUT2D eigenvalue weighted by Crippen LogP contribution is -2.39. The first-order chi connectivity index (χ1) is 14.3. The number of hydrogen-bond acceptors (Lipinski definition) is 7. The molecule has 11 heteroatoms. The van der Waals surface area contributed by atoms with Crippen molar-refractivity contribution < 1.29 is 17.9 Å². The molecule has 3 aromatic heterocycles. The lowest BCUT2D eigenvalue weighted by molar-refractivity contribution is 0.0391. The van der Waals surface area contributed by atoms with Gasteiger partial charge in [-0.3, -0.25) is 4.68 Å². The Labute approximate surface area is 171 Å². The van der Waals surface area contributed by atoms with Gasteiger partial charge in [0.25, 0.3) is 6.43 Å². The number of alkyl halides is 3. The molecule has 0 saturated carbocycles. The van der Waals surface area contributed by atoms with Crippen LogP contribution >= 0.6 is 0 Å². The summed E-state index contributed by atoms with van der Waals surface area (Å²) in [5.41, 5.74) is 2.85. The van der Waals surface area contributed by atoms with Gasteiger partial charge in [-0.05, 0) is 13.8 Å². The summed E-state index contributed by atoms with van der Waals surface area (Å²) < 4.78 is 47.1. The minimum Gasteiger partial charge on any atom is -0.370 e. The molecule has 1 aliphatic rings. The van der Waals surface area contributed by atoms with E-state index in [0.717, 1.165) is 5.56 Å². The maximum absolute atomic E-state index is 13.9. The zero-order valence-electron chi connectivity index (χ0n) is 16.9. The van der Waals surface area contributed by atoms with Crippen LogP contribution in [0, 0.1) is 13.8 Å². The van der Waals surface area contributed by atoms with Crippen LogP contribution in [0.2, 0.25) is 0 Å². The number of anilines is 1. The smallest absolute Gasteiger partial charge is 0.269 e. The van der Waals surface area contributed by atoms with Crippen molar-refractivity contribution in [3.8, 4) is 0 Å². The maximum Gasteiger partial charge on any atom is 0.269 e. The Balaban J connectivity index is 1.71. The summed E-state index contributed by atoms with van der Waals surface area (Å²) in [7, 11) is 1.82. The van der Waals surface area contributed by atoms with E-state index >= 15 is 0 Å². The van der Waals surface area contributed by atoms with Crippen LogP contribution in [0.4, 0.5) is 19.1 Å². The van der Waals surface area contributed by atoms with Crippen molar-refractivity contribution in [3.05, 3.63) is 35.0 Å². The zero-order valence-corrected chi connectivity index (χ0v) is 16.9. The summed E-state index contributed by atoms with van der Waals surface area (Å²) in [6.45, 7) is 4.92. The first-order valence-corrected chi connectivity index (χ1v) is 9.61. The summed E-state index contributed by atoms with van der Waals surface area (Å²) in [5, 5.41) is 4.17. The van der Waals surface area contributed by atoms with E-state index in [-0.39, 0.29) is 23.0 Å². The van der Waals surface area contributed by atoms with E-state index in [1.165, 1.54) is 0 Å². The van der Waals surface area contributed by atoms with E-state index in [0.29, 0.717) is 37.0 Å². The second-order valence-electron chi connectivity index (χ2n) is 7.34. The lowest BCUT2D eigenvalue weighted by Gasteiger charge is -2.32. The molecule has 0 radical (unpaired) electrons. The summed E-state index contributed by atoms with van der Waals surface area (Å²) in [6.07, 6.45) is -2.64. The number of fused-ring (bicyclic) bond motifs is 1. The second kappa shape index (κ2) is 8.13. The Bertz CT molecular complexity index is 1060. The van der Waals surface area contributed by atoms with Crippen molar-refractivity contribution in [1.82, 2.24) is 29.7 Å². The SMILES string of the molecule is Cc1nc2nc(N3CCO[C@@H](c4cnn(C)c4)C3)nc(CC(F)C(F)F)c2nc1C. The highest BCUT2D eigenvalue weighted by Gasteiger charge is 2.28. The highest BCUT2D eigenvalue weighted by atomic mass is 19.3. The fourth-order valence-electron chi connectivity index (χ4n) is 3.35. The van der Waals surface area contributed by atoms with Crippen LogP contribution in [-0.4, -0.2) is 62.0 Å². The van der Waals surface area contributed by atoms with E-state index in [9.17, 15) is 13.2 Å². The summed E-state index contributed by atoms with van der Waals surface area (Å²) in [6, 6.07) is 0. The number of ether oxygens (including phenoxy) is 1. The van der Waals surface area contributed by atoms with Crippen LogP contribution < -0.4 is 4.90 Å². The topological polar surface area (TPSA) is 81.9 Å². The Morgan fingerprint density at radius 2 is 1.90 bits per heavy atom. The van der Waals surface area contributed by atoms with Crippen molar-refractivity contribution in [1.29, 1.82) is 0 Å². The number of morpholine rings is 1. The summed E-state index contributed by atoms with van der Waals surface area (Å²) in [4.78, 5) is 19.6. The molecule has 0 amide bonds. The van der Waals surface area contributed by atoms with E-state index in [1.54, 1.807) is 24.7 Å². The molecule has 0 N–H and O–H groups in total. The second-order valence-corrected chi connectivity index (χ2v) is 7.34. The van der Waals surface area contributed by atoms with Crippen LogP contribution in [-0.2, 0) is 18.2 Å². The van der Waals surface area contributed by atoms with Gasteiger partial charge in [0.05, 0.1) is 36.4 Å². The first kappa shape index (κ1) is 20.5. The molecule has 1 saturated heterocycles. The predicted octanol–water partition coefficient (Wildman–Crippen LogP) is 2.49. The molecule has 1 unspecified atom stereocenters. The number of aromatic nitrogens is 6. The molecule has 160 valence electrons. The number of halogens is 3. The van der Waals surface area contributed by atoms with Gasteiger partial charge in [0.15, 0.2) is 11.8 Å². The van der Waals surface area contributed by atoms with Crippen LogP contribution in [0.15, 0.2) is 12.4 Å². The van der Waals surface area contributed by atoms with E-state index in [1.807, 2.05) is 18.1 Å². The first-order valence-electron chi connectivity index (χ1n) is 9.61. The standard InChI is InChI=1S/C19H22F3N7O/c1-10-11(2)25-18-16(24-10)14(6-13(20)17(21)22)26-19(27-18)29-4-5-30-15(9-29)12-7-23-28(3)8-12/h7-8,13,15,17H,4-6,9H2,1-3H3/t13?,15-/m1/s1. The van der Waals surface area contributed by atoms with Crippen molar-refractivity contribution in [3.63, 3.8) is 0 Å². The monoisotopic (exact) mass is 421 g/mol. The lowest BCUT2D eigenvalue weighted by atomic mass is 10.1. The van der Waals surface area contributed by atoms with E-state index < -0.39 is 19.0 Å². The largest absolute Gasteiger partial charge is 0.370 e. The predicted molar refractivity (Wildman–Crippen MR) is 103 cm³/mol. The van der Waals surface area contributed by atoms with Gasteiger partial charge in [-0.25, -0.2) is 28.1 Å². The molecule has 0 aromatic carbocycles. The van der Waals surface area contributed by atoms with Gasteiger partial charge in [0.2, 0.25) is 5.95 Å². The van der Waals surface area contributed by atoms with Crippen molar-refractivity contribution in [2.45, 2.75) is 39.0 Å². The zero-order chi connectivity index (χ0) is 21.4. The van der Waals surface area contributed by atoms with Crippen LogP contribution in [0.5, 0.6) is 0 Å². The molecule has 4 rings (SSSR count). The minimum absolute atomic E-state index is 0.128. The average Bonchev–Trinajstić information content (AvgIpc) is 3.15. The van der Waals surface area contributed by atoms with Gasteiger partial charge in [-0.1, -0.05) is 0 Å². The Morgan fingerprint density at radius 3 is 2.60 bits per heavy atom. The molecule has 0 spiro atoms. The fourth-order valence-corrected chi connectivity index (χ4v) is 3.35. The molecular weight excluding hydrogens is 399 g/mol. The molecule has 1 fully saturated rings. The molecule has 1 aliphatic heterocycles. The van der Waals surface area contributed by atoms with Gasteiger partial charge in [0, 0.05) is 31.8 Å².